The minimum Gasteiger partial charge on any atom is -0.505 e. The first-order chi connectivity index (χ1) is 9.47. The number of phenolic OH excluding ortho intramolecular Hbond substituents is 1. The quantitative estimate of drug-likeness (QED) is 0.801. The first-order valence-electron chi connectivity index (χ1n) is 6.08. The molecule has 1 amide bonds. The highest BCUT2D eigenvalue weighted by molar-refractivity contribution is 5.84. The maximum absolute atomic E-state index is 13.4. The predicted molar refractivity (Wildman–Crippen MR) is 74.8 cm³/mol. The molecule has 2 aromatic rings. The number of carbonyl (C=O) groups is 1. The number of amides is 1. The molecule has 104 valence electrons. The Labute approximate surface area is 116 Å². The number of aromatic hydroxyl groups is 1. The molecule has 4 nitrogen and oxygen atoms in total. The summed E-state index contributed by atoms with van der Waals surface area (Å²) in [6.45, 7) is 1.95. The number of benzene rings is 2. The van der Waals surface area contributed by atoms with Gasteiger partial charge in [-0.3, -0.25) is 4.79 Å². The molecule has 0 aromatic heterocycles. The highest BCUT2D eigenvalue weighted by atomic mass is 19.1. The first kappa shape index (κ1) is 13.9. The van der Waals surface area contributed by atoms with Crippen LogP contribution in [0.3, 0.4) is 0 Å². The number of carbonyl (C=O) groups excluding carboxylic acids is 1. The Bertz CT molecular complexity index is 626. The SMILES string of the molecule is Cc1ccc(NC(C(N)=O)c2ccc(O)c(F)c2)cc1. The van der Waals surface area contributed by atoms with E-state index in [1.54, 1.807) is 0 Å². The summed E-state index contributed by atoms with van der Waals surface area (Å²) in [4.78, 5) is 11.5. The molecule has 0 spiro atoms. The van der Waals surface area contributed by atoms with Gasteiger partial charge in [-0.15, -0.1) is 0 Å². The Kier molecular flexibility index (Phi) is 3.89. The molecular weight excluding hydrogens is 259 g/mol. The number of halogens is 1. The number of rotatable bonds is 4. The van der Waals surface area contributed by atoms with Crippen molar-refractivity contribution >= 4 is 11.6 Å². The van der Waals surface area contributed by atoms with Crippen molar-refractivity contribution in [3.8, 4) is 5.75 Å². The highest BCUT2D eigenvalue weighted by Crippen LogP contribution is 2.24. The van der Waals surface area contributed by atoms with Gasteiger partial charge in [0.15, 0.2) is 11.6 Å². The van der Waals surface area contributed by atoms with E-state index in [1.165, 1.54) is 12.1 Å². The number of primary amides is 1. The summed E-state index contributed by atoms with van der Waals surface area (Å²) in [5.74, 6) is -1.89. The Morgan fingerprint density at radius 2 is 1.90 bits per heavy atom. The van der Waals surface area contributed by atoms with Gasteiger partial charge < -0.3 is 16.2 Å². The molecule has 1 unspecified atom stereocenters. The zero-order valence-electron chi connectivity index (χ0n) is 10.9. The van der Waals surface area contributed by atoms with E-state index in [1.807, 2.05) is 31.2 Å². The molecule has 0 bridgehead atoms. The fourth-order valence-electron chi connectivity index (χ4n) is 1.84. The average molecular weight is 274 g/mol. The van der Waals surface area contributed by atoms with Gasteiger partial charge in [0, 0.05) is 5.69 Å². The van der Waals surface area contributed by atoms with Crippen LogP contribution in [0, 0.1) is 12.7 Å². The van der Waals surface area contributed by atoms with E-state index < -0.39 is 23.5 Å². The van der Waals surface area contributed by atoms with Crippen LogP contribution in [0.25, 0.3) is 0 Å². The summed E-state index contributed by atoms with van der Waals surface area (Å²) in [5.41, 5.74) is 7.49. The van der Waals surface area contributed by atoms with Crippen molar-refractivity contribution in [3.63, 3.8) is 0 Å². The summed E-state index contributed by atoms with van der Waals surface area (Å²) in [6.07, 6.45) is 0. The second-order valence-corrected chi connectivity index (χ2v) is 4.56. The summed E-state index contributed by atoms with van der Waals surface area (Å²) >= 11 is 0. The van der Waals surface area contributed by atoms with Gasteiger partial charge in [0.05, 0.1) is 0 Å². The van der Waals surface area contributed by atoms with Crippen molar-refractivity contribution in [3.05, 3.63) is 59.4 Å². The third-order valence-electron chi connectivity index (χ3n) is 2.95. The summed E-state index contributed by atoms with van der Waals surface area (Å²) in [7, 11) is 0. The molecule has 0 saturated heterocycles. The highest BCUT2D eigenvalue weighted by Gasteiger charge is 2.19. The zero-order valence-corrected chi connectivity index (χ0v) is 10.9. The average Bonchev–Trinajstić information content (AvgIpc) is 2.41. The van der Waals surface area contributed by atoms with Crippen molar-refractivity contribution in [2.45, 2.75) is 13.0 Å². The van der Waals surface area contributed by atoms with Crippen LogP contribution < -0.4 is 11.1 Å². The van der Waals surface area contributed by atoms with E-state index in [4.69, 9.17) is 5.73 Å². The van der Waals surface area contributed by atoms with Crippen LogP contribution in [0.2, 0.25) is 0 Å². The van der Waals surface area contributed by atoms with E-state index in [-0.39, 0.29) is 0 Å². The molecule has 0 fully saturated rings. The van der Waals surface area contributed by atoms with Crippen LogP contribution in [-0.2, 0) is 4.79 Å². The fraction of sp³-hybridized carbons (Fsp3) is 0.133. The number of nitrogens with one attached hydrogen (secondary N) is 1. The van der Waals surface area contributed by atoms with E-state index in [9.17, 15) is 14.3 Å². The lowest BCUT2D eigenvalue weighted by Gasteiger charge is -2.17. The maximum Gasteiger partial charge on any atom is 0.244 e. The van der Waals surface area contributed by atoms with Crippen LogP contribution >= 0.6 is 0 Å². The summed E-state index contributed by atoms with van der Waals surface area (Å²) < 4.78 is 13.4. The number of aryl methyl sites for hydroxylation is 1. The monoisotopic (exact) mass is 274 g/mol. The zero-order chi connectivity index (χ0) is 14.7. The molecule has 0 aliphatic rings. The number of phenols is 1. The Morgan fingerprint density at radius 3 is 2.45 bits per heavy atom. The van der Waals surface area contributed by atoms with Crippen LogP contribution in [-0.4, -0.2) is 11.0 Å². The Morgan fingerprint density at radius 1 is 1.25 bits per heavy atom. The lowest BCUT2D eigenvalue weighted by atomic mass is 10.1. The van der Waals surface area contributed by atoms with Crippen LogP contribution in [0.5, 0.6) is 5.75 Å². The summed E-state index contributed by atoms with van der Waals surface area (Å²) in [6, 6.07) is 10.3. The second-order valence-electron chi connectivity index (χ2n) is 4.56. The topological polar surface area (TPSA) is 75.3 Å². The van der Waals surface area contributed by atoms with Gasteiger partial charge in [-0.05, 0) is 36.8 Å². The second kappa shape index (κ2) is 5.61. The predicted octanol–water partition coefficient (Wildman–Crippen LogP) is 2.48. The van der Waals surface area contributed by atoms with Gasteiger partial charge in [0.25, 0.3) is 0 Å². The lowest BCUT2D eigenvalue weighted by Crippen LogP contribution is -2.27. The van der Waals surface area contributed by atoms with Crippen LogP contribution in [0.1, 0.15) is 17.2 Å². The van der Waals surface area contributed by atoms with Crippen LogP contribution in [0.4, 0.5) is 10.1 Å². The molecule has 5 heteroatoms. The van der Waals surface area contributed by atoms with E-state index in [0.29, 0.717) is 11.3 Å². The van der Waals surface area contributed by atoms with Gasteiger partial charge in [0.1, 0.15) is 6.04 Å². The van der Waals surface area contributed by atoms with Crippen molar-refractivity contribution in [1.29, 1.82) is 0 Å². The molecule has 4 N–H and O–H groups in total. The standard InChI is InChI=1S/C15H15FN2O2/c1-9-2-5-11(6-3-9)18-14(15(17)20)10-4-7-13(19)12(16)8-10/h2-8,14,18-19H,1H3,(H2,17,20). The minimum atomic E-state index is -0.868. The molecule has 20 heavy (non-hydrogen) atoms. The van der Waals surface area contributed by atoms with E-state index in [2.05, 4.69) is 5.32 Å². The van der Waals surface area contributed by atoms with Gasteiger partial charge >= 0.3 is 0 Å². The lowest BCUT2D eigenvalue weighted by molar-refractivity contribution is -0.118. The smallest absolute Gasteiger partial charge is 0.244 e. The van der Waals surface area contributed by atoms with E-state index >= 15 is 0 Å². The number of nitrogens with two attached hydrogens (primary N) is 1. The minimum absolute atomic E-state index is 0.355. The fourth-order valence-corrected chi connectivity index (χ4v) is 1.84. The number of hydrogen-bond donors (Lipinski definition) is 3. The van der Waals surface area contributed by atoms with Crippen LogP contribution in [0.15, 0.2) is 42.5 Å². The number of anilines is 1. The van der Waals surface area contributed by atoms with Gasteiger partial charge in [-0.2, -0.15) is 0 Å². The third kappa shape index (κ3) is 3.06. The molecular formula is C15H15FN2O2. The molecule has 1 atom stereocenters. The normalized spacial score (nSPS) is 11.9. The Balaban J connectivity index is 2.29. The van der Waals surface area contributed by atoms with Crippen molar-refractivity contribution < 1.29 is 14.3 Å². The molecule has 0 saturated carbocycles. The molecule has 0 heterocycles. The third-order valence-corrected chi connectivity index (χ3v) is 2.95. The van der Waals surface area contributed by atoms with Crippen molar-refractivity contribution in [2.75, 3.05) is 5.32 Å². The molecule has 0 radical (unpaired) electrons. The number of hydrogen-bond acceptors (Lipinski definition) is 3. The van der Waals surface area contributed by atoms with Gasteiger partial charge in [-0.25, -0.2) is 4.39 Å². The van der Waals surface area contributed by atoms with Gasteiger partial charge in [0.2, 0.25) is 5.91 Å². The molecule has 2 rings (SSSR count). The Hall–Kier alpha value is -2.56. The first-order valence-corrected chi connectivity index (χ1v) is 6.08. The van der Waals surface area contributed by atoms with E-state index in [0.717, 1.165) is 11.6 Å². The molecule has 0 aliphatic heterocycles. The largest absolute Gasteiger partial charge is 0.505 e. The maximum atomic E-state index is 13.4. The van der Waals surface area contributed by atoms with Gasteiger partial charge in [-0.1, -0.05) is 23.8 Å². The molecule has 0 aliphatic carbocycles. The van der Waals surface area contributed by atoms with Crippen molar-refractivity contribution in [1.82, 2.24) is 0 Å². The summed E-state index contributed by atoms with van der Waals surface area (Å²) in [5, 5.41) is 12.1. The van der Waals surface area contributed by atoms with Crippen molar-refractivity contribution in [2.24, 2.45) is 5.73 Å². The molecule has 2 aromatic carbocycles.